The van der Waals surface area contributed by atoms with Gasteiger partial charge in [0.05, 0.1) is 5.39 Å². The van der Waals surface area contributed by atoms with E-state index in [4.69, 9.17) is 9.72 Å². The van der Waals surface area contributed by atoms with E-state index in [0.29, 0.717) is 13.1 Å². The van der Waals surface area contributed by atoms with Crippen LogP contribution in [0.5, 0.6) is 0 Å². The predicted molar refractivity (Wildman–Crippen MR) is 106 cm³/mol. The highest BCUT2D eigenvalue weighted by molar-refractivity contribution is 7.18. The van der Waals surface area contributed by atoms with Crippen molar-refractivity contribution in [3.8, 4) is 0 Å². The van der Waals surface area contributed by atoms with Gasteiger partial charge in [-0.3, -0.25) is 0 Å². The van der Waals surface area contributed by atoms with Gasteiger partial charge >= 0.3 is 6.09 Å². The van der Waals surface area contributed by atoms with Gasteiger partial charge in [0.2, 0.25) is 0 Å². The van der Waals surface area contributed by atoms with Crippen LogP contribution in [0.3, 0.4) is 0 Å². The van der Waals surface area contributed by atoms with Gasteiger partial charge in [-0.25, -0.2) is 14.8 Å². The van der Waals surface area contributed by atoms with Crippen LogP contribution < -0.4 is 4.90 Å². The Balaban J connectivity index is 1.76. The van der Waals surface area contributed by atoms with Crippen LogP contribution in [0.1, 0.15) is 44.8 Å². The number of aryl methyl sites for hydroxylation is 2. The topological polar surface area (TPSA) is 58.6 Å². The van der Waals surface area contributed by atoms with E-state index in [1.165, 1.54) is 4.88 Å². The van der Waals surface area contributed by atoms with Crippen LogP contribution in [0, 0.1) is 6.92 Å². The highest BCUT2D eigenvalue weighted by Crippen LogP contribution is 2.32. The Kier molecular flexibility index (Phi) is 5.37. The Morgan fingerprint density at radius 3 is 2.54 bits per heavy atom. The highest BCUT2D eigenvalue weighted by atomic mass is 32.1. The summed E-state index contributed by atoms with van der Waals surface area (Å²) in [5.74, 6) is 1.79. The number of fused-ring (bicyclic) bond motifs is 1. The molecule has 3 rings (SSSR count). The predicted octanol–water partition coefficient (Wildman–Crippen LogP) is 4.01. The van der Waals surface area contributed by atoms with Crippen LogP contribution in [-0.4, -0.2) is 52.7 Å². The average Bonchev–Trinajstić information content (AvgIpc) is 2.95. The van der Waals surface area contributed by atoms with E-state index in [1.54, 1.807) is 16.2 Å². The minimum Gasteiger partial charge on any atom is -0.444 e. The maximum atomic E-state index is 12.3. The monoisotopic (exact) mass is 376 g/mol. The normalized spacial score (nSPS) is 15.6. The summed E-state index contributed by atoms with van der Waals surface area (Å²) in [4.78, 5) is 28.1. The second kappa shape index (κ2) is 7.39. The van der Waals surface area contributed by atoms with Gasteiger partial charge in [-0.15, -0.1) is 11.3 Å². The zero-order valence-electron chi connectivity index (χ0n) is 16.3. The summed E-state index contributed by atoms with van der Waals surface area (Å²) in [6, 6.07) is 2.23. The number of amides is 1. The van der Waals surface area contributed by atoms with E-state index < -0.39 is 5.60 Å². The molecule has 0 saturated carbocycles. The second-order valence-electron chi connectivity index (χ2n) is 7.73. The van der Waals surface area contributed by atoms with Crippen molar-refractivity contribution in [1.29, 1.82) is 0 Å². The lowest BCUT2D eigenvalue weighted by molar-refractivity contribution is 0.0240. The third-order valence-electron chi connectivity index (χ3n) is 4.26. The van der Waals surface area contributed by atoms with Gasteiger partial charge in [-0.2, -0.15) is 0 Å². The van der Waals surface area contributed by atoms with Crippen molar-refractivity contribution in [3.05, 3.63) is 16.8 Å². The van der Waals surface area contributed by atoms with Crippen molar-refractivity contribution in [2.24, 2.45) is 0 Å². The van der Waals surface area contributed by atoms with Gasteiger partial charge in [0, 0.05) is 31.1 Å². The molecule has 7 heteroatoms. The molecule has 1 amide bonds. The van der Waals surface area contributed by atoms with Crippen LogP contribution in [-0.2, 0) is 11.2 Å². The first kappa shape index (κ1) is 18.9. The first-order chi connectivity index (χ1) is 12.3. The zero-order valence-corrected chi connectivity index (χ0v) is 17.2. The van der Waals surface area contributed by atoms with Crippen LogP contribution in [0.4, 0.5) is 10.6 Å². The number of hydrogen-bond acceptors (Lipinski definition) is 6. The summed E-state index contributed by atoms with van der Waals surface area (Å²) in [6.45, 7) is 12.6. The molecule has 0 aliphatic carbocycles. The van der Waals surface area contributed by atoms with Crippen molar-refractivity contribution in [2.45, 2.75) is 53.1 Å². The van der Waals surface area contributed by atoms with Crippen molar-refractivity contribution in [2.75, 3.05) is 31.1 Å². The highest BCUT2D eigenvalue weighted by Gasteiger charge is 2.27. The molecule has 1 aliphatic heterocycles. The van der Waals surface area contributed by atoms with E-state index >= 15 is 0 Å². The Bertz CT molecular complexity index is 789. The molecule has 1 saturated heterocycles. The first-order valence-corrected chi connectivity index (χ1v) is 10.1. The van der Waals surface area contributed by atoms with E-state index in [2.05, 4.69) is 22.9 Å². The van der Waals surface area contributed by atoms with E-state index in [1.807, 2.05) is 27.7 Å². The molecule has 3 heterocycles. The van der Waals surface area contributed by atoms with Gasteiger partial charge in [-0.05, 0) is 40.2 Å². The lowest BCUT2D eigenvalue weighted by atomic mass is 10.2. The summed E-state index contributed by atoms with van der Waals surface area (Å²) < 4.78 is 5.48. The summed E-state index contributed by atoms with van der Waals surface area (Å²) in [6.07, 6.45) is 1.97. The van der Waals surface area contributed by atoms with Crippen LogP contribution >= 0.6 is 11.3 Å². The molecule has 2 aromatic rings. The second-order valence-corrected chi connectivity index (χ2v) is 8.85. The minimum atomic E-state index is -0.462. The molecular weight excluding hydrogens is 348 g/mol. The molecule has 0 N–H and O–H groups in total. The number of nitrogens with zero attached hydrogens (tertiary/aromatic N) is 4. The summed E-state index contributed by atoms with van der Waals surface area (Å²) in [5, 5.41) is 1.13. The standard InChI is InChI=1S/C19H28N4O2S/c1-6-7-14-12-15-16(20-13(2)21-17(15)26-14)22-8-10-23(11-9-22)18(24)25-19(3,4)5/h12H,6-11H2,1-5H3. The molecule has 0 spiro atoms. The molecule has 26 heavy (non-hydrogen) atoms. The van der Waals surface area contributed by atoms with Crippen LogP contribution in [0.2, 0.25) is 0 Å². The van der Waals surface area contributed by atoms with Gasteiger partial charge in [-0.1, -0.05) is 13.3 Å². The fourth-order valence-corrected chi connectivity index (χ4v) is 4.27. The van der Waals surface area contributed by atoms with Crippen molar-refractivity contribution < 1.29 is 9.53 Å². The van der Waals surface area contributed by atoms with Gasteiger partial charge in [0.25, 0.3) is 0 Å². The largest absolute Gasteiger partial charge is 0.444 e. The number of anilines is 1. The molecule has 1 fully saturated rings. The number of thiophene rings is 1. The Morgan fingerprint density at radius 1 is 1.23 bits per heavy atom. The number of carbonyl (C=O) groups excluding carboxylic acids is 1. The van der Waals surface area contributed by atoms with E-state index in [-0.39, 0.29) is 6.09 Å². The molecular formula is C19H28N4O2S. The van der Waals surface area contributed by atoms with Crippen LogP contribution in [0.15, 0.2) is 6.07 Å². The van der Waals surface area contributed by atoms with Crippen molar-refractivity contribution in [3.63, 3.8) is 0 Å². The summed E-state index contributed by atoms with van der Waals surface area (Å²) in [7, 11) is 0. The fourth-order valence-electron chi connectivity index (χ4n) is 3.10. The zero-order chi connectivity index (χ0) is 18.9. The maximum Gasteiger partial charge on any atom is 0.410 e. The Labute approximate surface area is 159 Å². The van der Waals surface area contributed by atoms with Gasteiger partial charge < -0.3 is 14.5 Å². The van der Waals surface area contributed by atoms with Gasteiger partial charge in [0.1, 0.15) is 22.1 Å². The first-order valence-electron chi connectivity index (χ1n) is 9.27. The van der Waals surface area contributed by atoms with E-state index in [0.717, 1.165) is 47.8 Å². The number of ether oxygens (including phenoxy) is 1. The summed E-state index contributed by atoms with van der Waals surface area (Å²) >= 11 is 1.76. The molecule has 6 nitrogen and oxygen atoms in total. The molecule has 0 bridgehead atoms. The van der Waals surface area contributed by atoms with Crippen LogP contribution in [0.25, 0.3) is 10.2 Å². The van der Waals surface area contributed by atoms with Crippen molar-refractivity contribution in [1.82, 2.24) is 14.9 Å². The Hall–Kier alpha value is -1.89. The number of piperazine rings is 1. The number of aromatic nitrogens is 2. The van der Waals surface area contributed by atoms with Crippen molar-refractivity contribution >= 4 is 33.5 Å². The average molecular weight is 377 g/mol. The third-order valence-corrected chi connectivity index (χ3v) is 5.35. The fraction of sp³-hybridized carbons (Fsp3) is 0.632. The molecule has 0 atom stereocenters. The Morgan fingerprint density at radius 2 is 1.92 bits per heavy atom. The lowest BCUT2D eigenvalue weighted by Gasteiger charge is -2.36. The van der Waals surface area contributed by atoms with Gasteiger partial charge in [0.15, 0.2) is 0 Å². The smallest absolute Gasteiger partial charge is 0.410 e. The van der Waals surface area contributed by atoms with E-state index in [9.17, 15) is 4.79 Å². The quantitative estimate of drug-likeness (QED) is 0.810. The number of carbonyl (C=O) groups is 1. The molecule has 2 aromatic heterocycles. The third kappa shape index (κ3) is 4.26. The maximum absolute atomic E-state index is 12.3. The summed E-state index contributed by atoms with van der Waals surface area (Å²) in [5.41, 5.74) is -0.462. The molecule has 0 radical (unpaired) electrons. The lowest BCUT2D eigenvalue weighted by Crippen LogP contribution is -2.50. The molecule has 142 valence electrons. The minimum absolute atomic E-state index is 0.234. The number of hydrogen-bond donors (Lipinski definition) is 0. The molecule has 0 unspecified atom stereocenters. The molecule has 0 aromatic carbocycles. The number of rotatable bonds is 3. The molecule has 1 aliphatic rings. The SMILES string of the molecule is CCCc1cc2c(N3CCN(C(=O)OC(C)(C)C)CC3)nc(C)nc2s1.